The maximum atomic E-state index is 11.7. The molecule has 100 valence electrons. The topological polar surface area (TPSA) is 38.8 Å². The molecule has 3 saturated heterocycles. The molecule has 18 heavy (non-hydrogen) atoms. The molecule has 2 saturated carbocycles. The molecule has 4 bridgehead atoms. The lowest BCUT2D eigenvalue weighted by Crippen LogP contribution is -2.39. The van der Waals surface area contributed by atoms with Crippen LogP contribution in [-0.2, 0) is 14.4 Å². The maximum Gasteiger partial charge on any atom is 0.337 e. The molecule has 0 N–H and O–H groups in total. The lowest BCUT2D eigenvalue weighted by molar-refractivity contribution is -0.205. The Balaban J connectivity index is 1.60. The average Bonchev–Trinajstić information content (AvgIpc) is 2.75. The predicted molar refractivity (Wildman–Crippen MR) is 64.5 cm³/mol. The van der Waals surface area contributed by atoms with E-state index in [1.165, 1.54) is 39.2 Å². The van der Waals surface area contributed by atoms with Gasteiger partial charge in [-0.2, -0.15) is 5.06 Å². The Labute approximate surface area is 108 Å². The van der Waals surface area contributed by atoms with Crippen molar-refractivity contribution in [3.05, 3.63) is 0 Å². The van der Waals surface area contributed by atoms with Crippen molar-refractivity contribution >= 4 is 5.97 Å². The van der Waals surface area contributed by atoms with Gasteiger partial charge < -0.3 is 4.74 Å². The molecule has 4 atom stereocenters. The van der Waals surface area contributed by atoms with Crippen LogP contribution in [0.5, 0.6) is 0 Å². The molecule has 0 aromatic carbocycles. The highest BCUT2D eigenvalue weighted by molar-refractivity contribution is 5.74. The van der Waals surface area contributed by atoms with Gasteiger partial charge in [-0.25, -0.2) is 4.79 Å². The standard InChI is InChI=1S/C14H21NO3/c1-17-14(16)13-7-12-10-3-8-2-9(4-10)6-11(5-8)15(12)18-13/h8-13H,2-7H2,1H3/t8?,9?,10?,11?,12-,13-/m1/s1. The highest BCUT2D eigenvalue weighted by Gasteiger charge is 2.53. The minimum Gasteiger partial charge on any atom is -0.467 e. The smallest absolute Gasteiger partial charge is 0.337 e. The minimum absolute atomic E-state index is 0.202. The van der Waals surface area contributed by atoms with Crippen molar-refractivity contribution in [1.29, 1.82) is 0 Å². The van der Waals surface area contributed by atoms with Gasteiger partial charge in [-0.15, -0.1) is 0 Å². The molecule has 3 heterocycles. The number of hydrogen-bond acceptors (Lipinski definition) is 4. The van der Waals surface area contributed by atoms with Crippen LogP contribution in [0, 0.1) is 17.8 Å². The number of methoxy groups -OCH3 is 1. The number of esters is 1. The summed E-state index contributed by atoms with van der Waals surface area (Å²) in [5.41, 5.74) is 0. The normalized spacial score (nSPS) is 50.1. The van der Waals surface area contributed by atoms with E-state index in [0.717, 1.165) is 24.2 Å². The molecule has 5 fully saturated rings. The summed E-state index contributed by atoms with van der Waals surface area (Å²) < 4.78 is 4.83. The second kappa shape index (κ2) is 3.94. The van der Waals surface area contributed by atoms with Gasteiger partial charge in [0.25, 0.3) is 0 Å². The summed E-state index contributed by atoms with van der Waals surface area (Å²) in [7, 11) is 1.45. The SMILES string of the molecule is COC(=O)[C@H]1C[C@@H]2C3CC4CC(C3)CC(C4)N2O1. The molecule has 0 radical (unpaired) electrons. The number of carbonyl (C=O) groups is 1. The minimum atomic E-state index is -0.350. The van der Waals surface area contributed by atoms with Gasteiger partial charge in [-0.05, 0) is 49.9 Å². The van der Waals surface area contributed by atoms with Crippen molar-refractivity contribution in [3.63, 3.8) is 0 Å². The van der Waals surface area contributed by atoms with Gasteiger partial charge in [-0.3, -0.25) is 4.84 Å². The molecule has 5 aliphatic rings. The molecule has 0 amide bonds. The van der Waals surface area contributed by atoms with Gasteiger partial charge in [0.05, 0.1) is 7.11 Å². The van der Waals surface area contributed by atoms with Crippen LogP contribution in [0.25, 0.3) is 0 Å². The van der Waals surface area contributed by atoms with Gasteiger partial charge in [0, 0.05) is 18.5 Å². The zero-order valence-electron chi connectivity index (χ0n) is 10.9. The first-order valence-electron chi connectivity index (χ1n) is 7.27. The fourth-order valence-corrected chi connectivity index (χ4v) is 5.01. The summed E-state index contributed by atoms with van der Waals surface area (Å²) in [5.74, 6) is 2.37. The summed E-state index contributed by atoms with van der Waals surface area (Å²) in [5, 5.41) is 2.20. The van der Waals surface area contributed by atoms with Crippen LogP contribution >= 0.6 is 0 Å². The molecule has 0 aromatic heterocycles. The van der Waals surface area contributed by atoms with Gasteiger partial charge in [0.1, 0.15) is 0 Å². The summed E-state index contributed by atoms with van der Waals surface area (Å²) >= 11 is 0. The Morgan fingerprint density at radius 1 is 1.11 bits per heavy atom. The third kappa shape index (κ3) is 1.55. The van der Waals surface area contributed by atoms with E-state index >= 15 is 0 Å². The average molecular weight is 251 g/mol. The molecular formula is C14H21NO3. The molecule has 0 aromatic rings. The van der Waals surface area contributed by atoms with E-state index in [-0.39, 0.29) is 12.1 Å². The third-order valence-corrected chi connectivity index (χ3v) is 5.55. The van der Waals surface area contributed by atoms with Crippen LogP contribution in [0.15, 0.2) is 0 Å². The molecule has 0 spiro atoms. The molecular weight excluding hydrogens is 230 g/mol. The first kappa shape index (κ1) is 11.2. The highest BCUT2D eigenvalue weighted by Crippen LogP contribution is 2.52. The van der Waals surface area contributed by atoms with Crippen LogP contribution < -0.4 is 0 Å². The Hall–Kier alpha value is -0.610. The zero-order chi connectivity index (χ0) is 12.3. The summed E-state index contributed by atoms with van der Waals surface area (Å²) in [4.78, 5) is 17.6. The molecule has 4 heteroatoms. The molecule has 2 aliphatic carbocycles. The second-order valence-corrected chi connectivity index (χ2v) is 6.60. The second-order valence-electron chi connectivity index (χ2n) is 6.60. The van der Waals surface area contributed by atoms with Gasteiger partial charge in [-0.1, -0.05) is 0 Å². The summed E-state index contributed by atoms with van der Waals surface area (Å²) in [6.07, 6.45) is 7.19. The summed E-state index contributed by atoms with van der Waals surface area (Å²) in [6.45, 7) is 0. The number of rotatable bonds is 1. The van der Waals surface area contributed by atoms with Crippen LogP contribution in [0.2, 0.25) is 0 Å². The van der Waals surface area contributed by atoms with Crippen molar-refractivity contribution < 1.29 is 14.4 Å². The van der Waals surface area contributed by atoms with E-state index in [1.54, 1.807) is 0 Å². The van der Waals surface area contributed by atoms with Crippen molar-refractivity contribution in [2.24, 2.45) is 17.8 Å². The highest BCUT2D eigenvalue weighted by atomic mass is 16.7. The van der Waals surface area contributed by atoms with Crippen molar-refractivity contribution in [3.8, 4) is 0 Å². The lowest BCUT2D eigenvalue weighted by Gasteiger charge is -2.39. The number of ether oxygens (including phenoxy) is 1. The first-order valence-corrected chi connectivity index (χ1v) is 7.27. The maximum absolute atomic E-state index is 11.7. The fourth-order valence-electron chi connectivity index (χ4n) is 5.01. The van der Waals surface area contributed by atoms with E-state index in [1.807, 2.05) is 0 Å². The van der Waals surface area contributed by atoms with Crippen LogP contribution in [-0.4, -0.2) is 36.3 Å². The van der Waals surface area contributed by atoms with Crippen LogP contribution in [0.1, 0.15) is 38.5 Å². The Morgan fingerprint density at radius 2 is 1.83 bits per heavy atom. The van der Waals surface area contributed by atoms with Crippen LogP contribution in [0.4, 0.5) is 0 Å². The number of hydroxylamine groups is 2. The monoisotopic (exact) mass is 251 g/mol. The van der Waals surface area contributed by atoms with Crippen molar-refractivity contribution in [2.75, 3.05) is 7.11 Å². The van der Waals surface area contributed by atoms with E-state index in [9.17, 15) is 4.79 Å². The third-order valence-electron chi connectivity index (χ3n) is 5.55. The van der Waals surface area contributed by atoms with E-state index in [0.29, 0.717) is 12.1 Å². The Morgan fingerprint density at radius 3 is 2.50 bits per heavy atom. The van der Waals surface area contributed by atoms with Gasteiger partial charge in [0.2, 0.25) is 0 Å². The first-order chi connectivity index (χ1) is 8.74. The molecule has 5 rings (SSSR count). The zero-order valence-corrected chi connectivity index (χ0v) is 10.9. The van der Waals surface area contributed by atoms with E-state index in [2.05, 4.69) is 5.06 Å². The number of hydrogen-bond donors (Lipinski definition) is 0. The number of carbonyl (C=O) groups excluding carboxylic acids is 1. The van der Waals surface area contributed by atoms with E-state index in [4.69, 9.17) is 9.57 Å². The van der Waals surface area contributed by atoms with E-state index < -0.39 is 0 Å². The van der Waals surface area contributed by atoms with Gasteiger partial charge >= 0.3 is 5.97 Å². The Bertz CT molecular complexity index is 334. The lowest BCUT2D eigenvalue weighted by atomic mass is 9.67. The van der Waals surface area contributed by atoms with Crippen molar-refractivity contribution in [2.45, 2.75) is 56.7 Å². The largest absolute Gasteiger partial charge is 0.467 e. The number of nitrogens with zero attached hydrogens (tertiary/aromatic N) is 1. The molecule has 2 unspecified atom stereocenters. The Kier molecular flexibility index (Phi) is 2.46. The summed E-state index contributed by atoms with van der Waals surface area (Å²) in [6, 6.07) is 1.02. The fraction of sp³-hybridized carbons (Fsp3) is 0.929. The van der Waals surface area contributed by atoms with Crippen molar-refractivity contribution in [1.82, 2.24) is 5.06 Å². The molecule has 4 nitrogen and oxygen atoms in total. The predicted octanol–water partition coefficient (Wildman–Crippen LogP) is 1.74. The van der Waals surface area contributed by atoms with Gasteiger partial charge in [0.15, 0.2) is 6.10 Å². The quantitative estimate of drug-likeness (QED) is 0.665. The van der Waals surface area contributed by atoms with Crippen LogP contribution in [0.3, 0.4) is 0 Å². The molecule has 3 aliphatic heterocycles.